The Bertz CT molecular complexity index is 350. The van der Waals surface area contributed by atoms with Crippen LogP contribution in [-0.2, 0) is 0 Å². The zero-order chi connectivity index (χ0) is 12.7. The summed E-state index contributed by atoms with van der Waals surface area (Å²) in [6, 6.07) is 0. The smallest absolute Gasteiger partial charge is 0.206 e. The van der Waals surface area contributed by atoms with Gasteiger partial charge in [0.15, 0.2) is 0 Å². The van der Waals surface area contributed by atoms with Crippen LogP contribution in [0.2, 0.25) is 0 Å². The summed E-state index contributed by atoms with van der Waals surface area (Å²) in [5.74, 6) is -1.08. The van der Waals surface area contributed by atoms with Gasteiger partial charge in [-0.15, -0.1) is 0 Å². The van der Waals surface area contributed by atoms with E-state index < -0.39 is 23.0 Å². The molecule has 0 aromatic rings. The van der Waals surface area contributed by atoms with Crippen LogP contribution < -0.4 is 0 Å². The third kappa shape index (κ3) is 2.47. The lowest BCUT2D eigenvalue weighted by atomic mass is 9.76. The molecule has 0 aromatic carbocycles. The molecular formula is C12H16F4. The van der Waals surface area contributed by atoms with Crippen molar-refractivity contribution in [3.8, 4) is 0 Å². The average Bonchev–Trinajstić information content (AvgIpc) is 2.05. The van der Waals surface area contributed by atoms with Gasteiger partial charge in [0.2, 0.25) is 0 Å². The average molecular weight is 236 g/mol. The fraction of sp³-hybridized carbons (Fsp3) is 0.667. The molecule has 0 fully saturated rings. The van der Waals surface area contributed by atoms with E-state index in [0.717, 1.165) is 0 Å². The molecule has 0 nitrogen and oxygen atoms in total. The van der Waals surface area contributed by atoms with Crippen LogP contribution in [0.3, 0.4) is 0 Å². The standard InChI is InChI=1S/C12H16F4/c1-7-5-6-8(11(2,3)4)9(10(7)13)12(14,15)16/h5-6H2,1-4H3. The maximum atomic E-state index is 13.6. The number of allylic oxidation sites excluding steroid dienone is 4. The summed E-state index contributed by atoms with van der Waals surface area (Å²) in [5, 5.41) is 0. The van der Waals surface area contributed by atoms with Gasteiger partial charge in [0.25, 0.3) is 0 Å². The highest BCUT2D eigenvalue weighted by atomic mass is 19.4. The molecule has 0 heterocycles. The van der Waals surface area contributed by atoms with Gasteiger partial charge >= 0.3 is 6.18 Å². The second-order valence-electron chi connectivity index (χ2n) is 5.20. The molecule has 0 N–H and O–H groups in total. The number of rotatable bonds is 0. The molecule has 0 amide bonds. The van der Waals surface area contributed by atoms with Crippen molar-refractivity contribution in [2.45, 2.75) is 46.7 Å². The van der Waals surface area contributed by atoms with Gasteiger partial charge in [0.05, 0.1) is 5.57 Å². The number of hydrogen-bond acceptors (Lipinski definition) is 0. The predicted molar refractivity (Wildman–Crippen MR) is 55.6 cm³/mol. The molecule has 1 rings (SSSR count). The SMILES string of the molecule is CC1=C(F)C(C(F)(F)F)=C(C(C)(C)C)CC1. The molecule has 16 heavy (non-hydrogen) atoms. The van der Waals surface area contributed by atoms with Crippen LogP contribution >= 0.6 is 0 Å². The molecule has 0 aromatic heterocycles. The van der Waals surface area contributed by atoms with Crippen LogP contribution in [0.4, 0.5) is 17.6 Å². The number of alkyl halides is 3. The lowest BCUT2D eigenvalue weighted by Gasteiger charge is -2.31. The Morgan fingerprint density at radius 1 is 1.00 bits per heavy atom. The summed E-state index contributed by atoms with van der Waals surface area (Å²) >= 11 is 0. The summed E-state index contributed by atoms with van der Waals surface area (Å²) < 4.78 is 52.1. The van der Waals surface area contributed by atoms with E-state index in [1.165, 1.54) is 6.92 Å². The molecule has 0 unspecified atom stereocenters. The second-order valence-corrected chi connectivity index (χ2v) is 5.20. The van der Waals surface area contributed by atoms with Gasteiger partial charge in [-0.2, -0.15) is 13.2 Å². The highest BCUT2D eigenvalue weighted by Gasteiger charge is 2.43. The van der Waals surface area contributed by atoms with Gasteiger partial charge in [-0.3, -0.25) is 0 Å². The van der Waals surface area contributed by atoms with Crippen LogP contribution in [0, 0.1) is 5.41 Å². The fourth-order valence-electron chi connectivity index (χ4n) is 1.94. The molecule has 0 saturated carbocycles. The Hall–Kier alpha value is -0.800. The quantitative estimate of drug-likeness (QED) is 0.523. The molecule has 1 aliphatic carbocycles. The Labute approximate surface area is 93.0 Å². The van der Waals surface area contributed by atoms with Crippen molar-refractivity contribution in [1.29, 1.82) is 0 Å². The van der Waals surface area contributed by atoms with E-state index in [-0.39, 0.29) is 17.6 Å². The minimum absolute atomic E-state index is 0.170. The van der Waals surface area contributed by atoms with Crippen LogP contribution in [0.1, 0.15) is 40.5 Å². The summed E-state index contributed by atoms with van der Waals surface area (Å²) in [4.78, 5) is 0. The normalized spacial score (nSPS) is 19.5. The van der Waals surface area contributed by atoms with Crippen LogP contribution in [0.15, 0.2) is 22.5 Å². The van der Waals surface area contributed by atoms with Crippen LogP contribution in [0.5, 0.6) is 0 Å². The maximum Gasteiger partial charge on any atom is 0.419 e. The van der Waals surface area contributed by atoms with Crippen molar-refractivity contribution in [3.05, 3.63) is 22.5 Å². The van der Waals surface area contributed by atoms with Crippen LogP contribution in [-0.4, -0.2) is 6.18 Å². The van der Waals surface area contributed by atoms with Gasteiger partial charge < -0.3 is 0 Å². The van der Waals surface area contributed by atoms with Crippen molar-refractivity contribution in [3.63, 3.8) is 0 Å². The minimum atomic E-state index is -4.60. The van der Waals surface area contributed by atoms with Gasteiger partial charge in [0, 0.05) is 0 Å². The molecular weight excluding hydrogens is 220 g/mol. The fourth-order valence-corrected chi connectivity index (χ4v) is 1.94. The molecule has 0 aliphatic heterocycles. The Morgan fingerprint density at radius 3 is 1.88 bits per heavy atom. The topological polar surface area (TPSA) is 0 Å². The van der Waals surface area contributed by atoms with Crippen molar-refractivity contribution < 1.29 is 17.6 Å². The van der Waals surface area contributed by atoms with Crippen LogP contribution in [0.25, 0.3) is 0 Å². The summed E-state index contributed by atoms with van der Waals surface area (Å²) in [6.45, 7) is 6.46. The highest BCUT2D eigenvalue weighted by molar-refractivity contribution is 5.43. The van der Waals surface area contributed by atoms with E-state index in [1.807, 2.05) is 0 Å². The monoisotopic (exact) mass is 236 g/mol. The van der Waals surface area contributed by atoms with Gasteiger partial charge in [0.1, 0.15) is 5.83 Å². The van der Waals surface area contributed by atoms with Gasteiger partial charge in [-0.05, 0) is 36.3 Å². The van der Waals surface area contributed by atoms with Crippen molar-refractivity contribution >= 4 is 0 Å². The van der Waals surface area contributed by atoms with Crippen molar-refractivity contribution in [2.24, 2.45) is 5.41 Å². The number of halogens is 4. The van der Waals surface area contributed by atoms with E-state index >= 15 is 0 Å². The van der Waals surface area contributed by atoms with Crippen molar-refractivity contribution in [2.75, 3.05) is 0 Å². The second kappa shape index (κ2) is 3.90. The third-order valence-corrected chi connectivity index (χ3v) is 2.83. The third-order valence-electron chi connectivity index (χ3n) is 2.83. The number of hydrogen-bond donors (Lipinski definition) is 0. The van der Waals surface area contributed by atoms with E-state index in [9.17, 15) is 17.6 Å². The Balaban J connectivity index is 3.42. The van der Waals surface area contributed by atoms with E-state index in [0.29, 0.717) is 6.42 Å². The first-order valence-corrected chi connectivity index (χ1v) is 5.21. The molecule has 92 valence electrons. The maximum absolute atomic E-state index is 13.6. The van der Waals surface area contributed by atoms with Gasteiger partial charge in [-0.25, -0.2) is 4.39 Å². The lowest BCUT2D eigenvalue weighted by molar-refractivity contribution is -0.0934. The molecule has 4 heteroatoms. The first-order valence-electron chi connectivity index (χ1n) is 5.21. The first-order chi connectivity index (χ1) is 7.05. The first kappa shape index (κ1) is 13.3. The molecule has 0 radical (unpaired) electrons. The van der Waals surface area contributed by atoms with E-state index in [4.69, 9.17) is 0 Å². The Morgan fingerprint density at radius 2 is 1.50 bits per heavy atom. The molecule has 0 bridgehead atoms. The molecule has 0 spiro atoms. The molecule has 0 atom stereocenters. The predicted octanol–water partition coefficient (Wildman–Crippen LogP) is 4.93. The zero-order valence-corrected chi connectivity index (χ0v) is 9.93. The summed E-state index contributed by atoms with van der Waals surface area (Å²) in [6.07, 6.45) is -3.94. The summed E-state index contributed by atoms with van der Waals surface area (Å²) in [5.41, 5.74) is -1.34. The van der Waals surface area contributed by atoms with Crippen molar-refractivity contribution in [1.82, 2.24) is 0 Å². The van der Waals surface area contributed by atoms with Gasteiger partial charge in [-0.1, -0.05) is 20.8 Å². The molecule has 0 saturated heterocycles. The highest BCUT2D eigenvalue weighted by Crippen LogP contribution is 2.46. The summed E-state index contributed by atoms with van der Waals surface area (Å²) in [7, 11) is 0. The van der Waals surface area contributed by atoms with E-state index in [1.54, 1.807) is 20.8 Å². The lowest BCUT2D eigenvalue weighted by Crippen LogP contribution is -2.24. The zero-order valence-electron chi connectivity index (χ0n) is 9.93. The van der Waals surface area contributed by atoms with E-state index in [2.05, 4.69) is 0 Å². The minimum Gasteiger partial charge on any atom is -0.206 e. The largest absolute Gasteiger partial charge is 0.419 e. The Kier molecular flexibility index (Phi) is 3.23. The molecule has 1 aliphatic rings.